The summed E-state index contributed by atoms with van der Waals surface area (Å²) >= 11 is 1.32. The molecule has 3 unspecified atom stereocenters. The lowest BCUT2D eigenvalue weighted by atomic mass is 9.86. The summed E-state index contributed by atoms with van der Waals surface area (Å²) in [5.74, 6) is -2.91. The number of rotatable bonds is 12. The quantitative estimate of drug-likeness (QED) is 0.287. The number of carbonyl (C=O) groups is 2. The van der Waals surface area contributed by atoms with Gasteiger partial charge in [-0.05, 0) is 26.2 Å². The van der Waals surface area contributed by atoms with Crippen LogP contribution >= 0.6 is 11.8 Å². The van der Waals surface area contributed by atoms with Gasteiger partial charge in [0.25, 0.3) is 0 Å². The summed E-state index contributed by atoms with van der Waals surface area (Å²) < 4.78 is 28.0. The zero-order valence-electron chi connectivity index (χ0n) is 16.7. The summed E-state index contributed by atoms with van der Waals surface area (Å²) in [6.07, 6.45) is 4.94. The maximum atomic E-state index is 12.8. The van der Waals surface area contributed by atoms with E-state index in [0.717, 1.165) is 0 Å². The van der Waals surface area contributed by atoms with E-state index < -0.39 is 39.2 Å². The molecule has 1 rings (SSSR count). The minimum atomic E-state index is -1.34. The van der Waals surface area contributed by atoms with Crippen molar-refractivity contribution in [3.05, 3.63) is 42.5 Å². The SMILES string of the molecule is C=CCOc1ccccc1C(C(C(=O)OCC)C(=O)OCC)C(SC)S(C)=O. The van der Waals surface area contributed by atoms with Gasteiger partial charge in [-0.25, -0.2) is 0 Å². The third-order valence-electron chi connectivity index (χ3n) is 3.93. The average Bonchev–Trinajstić information content (AvgIpc) is 2.66. The lowest BCUT2D eigenvalue weighted by Gasteiger charge is -2.30. The summed E-state index contributed by atoms with van der Waals surface area (Å²) in [6, 6.07) is 7.09. The van der Waals surface area contributed by atoms with Crippen molar-refractivity contribution in [3.8, 4) is 5.75 Å². The maximum absolute atomic E-state index is 12.8. The van der Waals surface area contributed by atoms with Gasteiger partial charge in [0.15, 0.2) is 5.92 Å². The molecule has 1 aromatic carbocycles. The molecule has 0 bridgehead atoms. The van der Waals surface area contributed by atoms with E-state index >= 15 is 0 Å². The molecule has 1 aromatic rings. The molecular weight excluding hydrogens is 400 g/mol. The van der Waals surface area contributed by atoms with E-state index in [0.29, 0.717) is 11.3 Å². The van der Waals surface area contributed by atoms with Gasteiger partial charge in [0.1, 0.15) is 12.4 Å². The van der Waals surface area contributed by atoms with E-state index in [2.05, 4.69) is 6.58 Å². The Kier molecular flexibility index (Phi) is 10.9. The summed E-state index contributed by atoms with van der Waals surface area (Å²) in [6.45, 7) is 7.47. The lowest BCUT2D eigenvalue weighted by molar-refractivity contribution is -0.162. The van der Waals surface area contributed by atoms with Crippen LogP contribution in [-0.2, 0) is 29.9 Å². The normalized spacial score (nSPS) is 14.0. The van der Waals surface area contributed by atoms with Crippen LogP contribution in [0.25, 0.3) is 0 Å². The first kappa shape index (κ1) is 24.2. The minimum Gasteiger partial charge on any atom is -0.489 e. The van der Waals surface area contributed by atoms with Crippen LogP contribution in [0.4, 0.5) is 0 Å². The number of hydrogen-bond acceptors (Lipinski definition) is 7. The summed E-state index contributed by atoms with van der Waals surface area (Å²) in [5, 5.41) is 0. The van der Waals surface area contributed by atoms with Crippen LogP contribution in [-0.4, -0.2) is 53.1 Å². The second kappa shape index (κ2) is 12.6. The first-order valence-corrected chi connectivity index (χ1v) is 11.8. The highest BCUT2D eigenvalue weighted by molar-refractivity contribution is 8.10. The van der Waals surface area contributed by atoms with Crippen molar-refractivity contribution >= 4 is 34.5 Å². The van der Waals surface area contributed by atoms with Crippen molar-refractivity contribution in [3.63, 3.8) is 0 Å². The number of hydrogen-bond donors (Lipinski definition) is 0. The van der Waals surface area contributed by atoms with Crippen LogP contribution in [0.5, 0.6) is 5.75 Å². The van der Waals surface area contributed by atoms with Gasteiger partial charge in [-0.3, -0.25) is 13.8 Å². The second-order valence-corrected chi connectivity index (χ2v) is 8.53. The smallest absolute Gasteiger partial charge is 0.321 e. The van der Waals surface area contributed by atoms with Crippen molar-refractivity contribution < 1.29 is 28.0 Å². The van der Waals surface area contributed by atoms with Gasteiger partial charge in [0.2, 0.25) is 0 Å². The fraction of sp³-hybridized carbons (Fsp3) is 0.500. The maximum Gasteiger partial charge on any atom is 0.321 e. The molecule has 0 fully saturated rings. The van der Waals surface area contributed by atoms with E-state index in [1.165, 1.54) is 11.8 Å². The molecule has 28 heavy (non-hydrogen) atoms. The first-order chi connectivity index (χ1) is 13.4. The molecule has 0 spiro atoms. The molecule has 0 amide bonds. The van der Waals surface area contributed by atoms with Crippen molar-refractivity contribution in [1.82, 2.24) is 0 Å². The van der Waals surface area contributed by atoms with Crippen LogP contribution in [0.2, 0.25) is 0 Å². The van der Waals surface area contributed by atoms with Crippen LogP contribution in [0.15, 0.2) is 36.9 Å². The second-order valence-electron chi connectivity index (χ2n) is 5.75. The Hall–Kier alpha value is -1.80. The Labute approximate surface area is 173 Å². The van der Waals surface area contributed by atoms with E-state index in [4.69, 9.17) is 14.2 Å². The highest BCUT2D eigenvalue weighted by atomic mass is 32.2. The van der Waals surface area contributed by atoms with Crippen molar-refractivity contribution in [2.45, 2.75) is 24.3 Å². The fourth-order valence-electron chi connectivity index (χ4n) is 2.86. The van der Waals surface area contributed by atoms with E-state index in [1.807, 2.05) is 0 Å². The number of esters is 2. The van der Waals surface area contributed by atoms with Crippen LogP contribution < -0.4 is 4.74 Å². The Morgan fingerprint density at radius 3 is 2.21 bits per heavy atom. The summed E-state index contributed by atoms with van der Waals surface area (Å²) in [4.78, 5) is 25.5. The van der Waals surface area contributed by atoms with Gasteiger partial charge < -0.3 is 14.2 Å². The number of ether oxygens (including phenoxy) is 3. The largest absolute Gasteiger partial charge is 0.489 e. The van der Waals surface area contributed by atoms with E-state index in [1.54, 1.807) is 56.7 Å². The third-order valence-corrected chi connectivity index (χ3v) is 7.02. The number of benzene rings is 1. The van der Waals surface area contributed by atoms with E-state index in [9.17, 15) is 13.8 Å². The first-order valence-electron chi connectivity index (χ1n) is 8.93. The van der Waals surface area contributed by atoms with Gasteiger partial charge in [-0.2, -0.15) is 0 Å². The molecule has 0 aliphatic heterocycles. The molecule has 0 aromatic heterocycles. The molecule has 156 valence electrons. The molecule has 0 N–H and O–H groups in total. The molecular formula is C20H28O6S2. The highest BCUT2D eigenvalue weighted by Crippen LogP contribution is 2.41. The van der Waals surface area contributed by atoms with Crippen molar-refractivity contribution in [2.24, 2.45) is 5.92 Å². The number of thioether (sulfide) groups is 1. The van der Waals surface area contributed by atoms with Crippen molar-refractivity contribution in [1.29, 1.82) is 0 Å². The van der Waals surface area contributed by atoms with Gasteiger partial charge in [0, 0.05) is 28.5 Å². The molecule has 6 nitrogen and oxygen atoms in total. The Balaban J connectivity index is 3.61. The fourth-order valence-corrected chi connectivity index (χ4v) is 5.26. The molecule has 0 radical (unpaired) electrons. The zero-order chi connectivity index (χ0) is 21.1. The van der Waals surface area contributed by atoms with E-state index in [-0.39, 0.29) is 19.8 Å². The molecule has 0 heterocycles. The number of carbonyl (C=O) groups excluding carboxylic acids is 2. The predicted molar refractivity (Wildman–Crippen MR) is 113 cm³/mol. The molecule has 0 aliphatic rings. The monoisotopic (exact) mass is 428 g/mol. The van der Waals surface area contributed by atoms with Gasteiger partial charge >= 0.3 is 11.9 Å². The molecule has 0 aliphatic carbocycles. The summed E-state index contributed by atoms with van der Waals surface area (Å²) in [5.41, 5.74) is 0.602. The van der Waals surface area contributed by atoms with Crippen LogP contribution in [0.1, 0.15) is 25.3 Å². The Bertz CT molecular complexity index is 673. The highest BCUT2D eigenvalue weighted by Gasteiger charge is 2.45. The van der Waals surface area contributed by atoms with Crippen LogP contribution in [0, 0.1) is 5.92 Å². The molecule has 8 heteroatoms. The standard InChI is InChI=1S/C20H28O6S2/c1-6-13-26-15-12-10-9-11-14(15)16(20(27-4)28(5)23)17(18(21)24-7-2)19(22)25-8-3/h6,9-12,16-17,20H,1,7-8,13H2,2-5H3. The Morgan fingerprint density at radius 1 is 1.18 bits per heavy atom. The van der Waals surface area contributed by atoms with Gasteiger partial charge in [-0.15, -0.1) is 11.8 Å². The zero-order valence-corrected chi connectivity index (χ0v) is 18.3. The topological polar surface area (TPSA) is 78.9 Å². The lowest BCUT2D eigenvalue weighted by Crippen LogP contribution is -2.39. The molecule has 3 atom stereocenters. The predicted octanol–water partition coefficient (Wildman–Crippen LogP) is 3.15. The Morgan fingerprint density at radius 2 is 1.75 bits per heavy atom. The van der Waals surface area contributed by atoms with Gasteiger partial charge in [-0.1, -0.05) is 30.9 Å². The van der Waals surface area contributed by atoms with Crippen molar-refractivity contribution in [2.75, 3.05) is 32.3 Å². The molecule has 0 saturated heterocycles. The third kappa shape index (κ3) is 6.38. The summed E-state index contributed by atoms with van der Waals surface area (Å²) in [7, 11) is -1.34. The van der Waals surface area contributed by atoms with Crippen LogP contribution in [0.3, 0.4) is 0 Å². The average molecular weight is 429 g/mol. The molecule has 0 saturated carbocycles. The van der Waals surface area contributed by atoms with Gasteiger partial charge in [0.05, 0.1) is 17.8 Å². The minimum absolute atomic E-state index is 0.120. The number of para-hydroxylation sites is 1.